The van der Waals surface area contributed by atoms with Crippen LogP contribution in [0.2, 0.25) is 0 Å². The van der Waals surface area contributed by atoms with Crippen LogP contribution in [-0.2, 0) is 9.53 Å². The van der Waals surface area contributed by atoms with Gasteiger partial charge in [0.2, 0.25) is 0 Å². The third kappa shape index (κ3) is 4.09. The summed E-state index contributed by atoms with van der Waals surface area (Å²) in [7, 11) is 0. The number of hydrogen-bond acceptors (Lipinski definition) is 3. The van der Waals surface area contributed by atoms with E-state index in [0.717, 1.165) is 32.3 Å². The highest BCUT2D eigenvalue weighted by molar-refractivity contribution is 5.74. The third-order valence-corrected chi connectivity index (χ3v) is 4.04. The molecular weight excluding hydrogens is 248 g/mol. The maximum absolute atomic E-state index is 11.5. The van der Waals surface area contributed by atoms with E-state index in [4.69, 9.17) is 9.84 Å². The molecule has 19 heavy (non-hydrogen) atoms. The van der Waals surface area contributed by atoms with Crippen LogP contribution in [0.15, 0.2) is 0 Å². The van der Waals surface area contributed by atoms with Crippen LogP contribution in [0.4, 0.5) is 4.79 Å². The van der Waals surface area contributed by atoms with Gasteiger partial charge in [0.1, 0.15) is 0 Å². The van der Waals surface area contributed by atoms with Crippen LogP contribution >= 0.6 is 0 Å². The average Bonchev–Trinajstić information content (AvgIpc) is 2.34. The second kappa shape index (κ2) is 6.23. The average molecular weight is 270 g/mol. The normalized spacial score (nSPS) is 24.5. The van der Waals surface area contributed by atoms with E-state index in [1.54, 1.807) is 0 Å². The quantitative estimate of drug-likeness (QED) is 0.698. The van der Waals surface area contributed by atoms with E-state index in [1.165, 1.54) is 6.42 Å². The number of rotatable bonds is 5. The third-order valence-electron chi connectivity index (χ3n) is 4.04. The number of carboxylic acid groups (broad SMARTS) is 1. The summed E-state index contributed by atoms with van der Waals surface area (Å²) in [4.78, 5) is 21.8. The van der Waals surface area contributed by atoms with Crippen molar-refractivity contribution in [2.24, 2.45) is 5.92 Å². The van der Waals surface area contributed by atoms with Gasteiger partial charge in [0, 0.05) is 19.7 Å². The Morgan fingerprint density at radius 3 is 2.74 bits per heavy atom. The molecule has 6 heteroatoms. The Morgan fingerprint density at radius 2 is 2.11 bits per heavy atom. The van der Waals surface area contributed by atoms with Gasteiger partial charge in [-0.1, -0.05) is 0 Å². The van der Waals surface area contributed by atoms with Gasteiger partial charge in [-0.05, 0) is 38.0 Å². The van der Waals surface area contributed by atoms with Gasteiger partial charge in [-0.15, -0.1) is 0 Å². The summed E-state index contributed by atoms with van der Waals surface area (Å²) in [5, 5.41) is 13.8. The smallest absolute Gasteiger partial charge is 0.314 e. The van der Waals surface area contributed by atoms with Crippen molar-refractivity contribution in [3.8, 4) is 0 Å². The van der Waals surface area contributed by atoms with Crippen molar-refractivity contribution < 1.29 is 19.4 Å². The van der Waals surface area contributed by atoms with E-state index >= 15 is 0 Å². The second-order valence-corrected chi connectivity index (χ2v) is 5.52. The van der Waals surface area contributed by atoms with E-state index in [0.29, 0.717) is 12.5 Å². The topological polar surface area (TPSA) is 87.7 Å². The molecule has 0 bridgehead atoms. The number of aliphatic carboxylic acids is 1. The maximum atomic E-state index is 11.5. The Hall–Kier alpha value is -1.30. The highest BCUT2D eigenvalue weighted by Gasteiger charge is 2.42. The zero-order valence-corrected chi connectivity index (χ0v) is 11.1. The van der Waals surface area contributed by atoms with Gasteiger partial charge in [-0.2, -0.15) is 0 Å². The molecule has 2 aliphatic rings. The van der Waals surface area contributed by atoms with Crippen molar-refractivity contribution >= 4 is 12.0 Å². The number of carbonyl (C=O) groups is 2. The molecule has 3 N–H and O–H groups in total. The molecule has 1 aliphatic carbocycles. The first-order valence-corrected chi connectivity index (χ1v) is 6.97. The summed E-state index contributed by atoms with van der Waals surface area (Å²) in [6.07, 6.45) is 5.51. The Kier molecular flexibility index (Phi) is 4.63. The number of carbonyl (C=O) groups excluding carboxylic acids is 1. The number of urea groups is 1. The molecule has 0 aromatic rings. The highest BCUT2D eigenvalue weighted by Crippen LogP contribution is 2.43. The SMILES string of the molecule is O=C(O)CCNC(=O)NCC1CCOC2(CCC2)C1. The molecule has 1 saturated carbocycles. The molecule has 1 heterocycles. The minimum Gasteiger partial charge on any atom is -0.481 e. The van der Waals surface area contributed by atoms with Crippen molar-refractivity contribution in [1.29, 1.82) is 0 Å². The molecular formula is C13H22N2O4. The van der Waals surface area contributed by atoms with Gasteiger partial charge in [-0.25, -0.2) is 4.79 Å². The molecule has 1 saturated heterocycles. The van der Waals surface area contributed by atoms with Gasteiger partial charge >= 0.3 is 12.0 Å². The number of carboxylic acids is 1. The molecule has 1 unspecified atom stereocenters. The van der Waals surface area contributed by atoms with Gasteiger partial charge in [0.15, 0.2) is 0 Å². The monoisotopic (exact) mass is 270 g/mol. The standard InChI is InChI=1S/C13H22N2O4/c16-11(17)2-6-14-12(18)15-9-10-3-7-19-13(8-10)4-1-5-13/h10H,1-9H2,(H,16,17)(H2,14,15,18). The van der Waals surface area contributed by atoms with Gasteiger partial charge in [0.25, 0.3) is 0 Å². The van der Waals surface area contributed by atoms with Crippen LogP contribution in [-0.4, -0.2) is 42.4 Å². The lowest BCUT2D eigenvalue weighted by Crippen LogP contribution is -2.48. The van der Waals surface area contributed by atoms with E-state index in [2.05, 4.69) is 10.6 Å². The lowest BCUT2D eigenvalue weighted by Gasteiger charge is -2.47. The molecule has 2 amide bonds. The molecule has 2 rings (SSSR count). The molecule has 108 valence electrons. The molecule has 0 aromatic carbocycles. The van der Waals surface area contributed by atoms with Gasteiger partial charge in [-0.3, -0.25) is 4.79 Å². The van der Waals surface area contributed by atoms with Crippen molar-refractivity contribution in [1.82, 2.24) is 10.6 Å². The molecule has 0 radical (unpaired) electrons. The number of hydrogen-bond donors (Lipinski definition) is 3. The highest BCUT2D eigenvalue weighted by atomic mass is 16.5. The van der Waals surface area contributed by atoms with Crippen LogP contribution in [0.3, 0.4) is 0 Å². The predicted molar refractivity (Wildman–Crippen MR) is 68.9 cm³/mol. The van der Waals surface area contributed by atoms with Gasteiger partial charge in [0.05, 0.1) is 12.0 Å². The first-order valence-electron chi connectivity index (χ1n) is 6.97. The van der Waals surface area contributed by atoms with Crippen LogP contribution in [0.1, 0.15) is 38.5 Å². The first-order chi connectivity index (χ1) is 9.10. The summed E-state index contributed by atoms with van der Waals surface area (Å²) in [5.74, 6) is -0.434. The summed E-state index contributed by atoms with van der Waals surface area (Å²) in [6, 6.07) is -0.282. The Balaban J connectivity index is 1.61. The minimum atomic E-state index is -0.906. The molecule has 6 nitrogen and oxygen atoms in total. The number of ether oxygens (including phenoxy) is 1. The second-order valence-electron chi connectivity index (χ2n) is 5.52. The van der Waals surface area contributed by atoms with E-state index in [-0.39, 0.29) is 24.6 Å². The van der Waals surface area contributed by atoms with Crippen LogP contribution in [0.25, 0.3) is 0 Å². The molecule has 1 spiro atoms. The van der Waals surface area contributed by atoms with Crippen molar-refractivity contribution in [3.63, 3.8) is 0 Å². The van der Waals surface area contributed by atoms with Crippen molar-refractivity contribution in [3.05, 3.63) is 0 Å². The fraction of sp³-hybridized carbons (Fsp3) is 0.846. The zero-order chi connectivity index (χ0) is 13.7. The molecule has 1 aliphatic heterocycles. The minimum absolute atomic E-state index is 0.0478. The lowest BCUT2D eigenvalue weighted by molar-refractivity contribution is -0.142. The largest absolute Gasteiger partial charge is 0.481 e. The Morgan fingerprint density at radius 1 is 1.32 bits per heavy atom. The number of nitrogens with one attached hydrogen (secondary N) is 2. The Bertz CT molecular complexity index is 342. The first kappa shape index (κ1) is 14.1. The summed E-state index contributed by atoms with van der Waals surface area (Å²) in [5.41, 5.74) is 0.102. The molecule has 0 aromatic heterocycles. The zero-order valence-electron chi connectivity index (χ0n) is 11.1. The summed E-state index contributed by atoms with van der Waals surface area (Å²) >= 11 is 0. The summed E-state index contributed by atoms with van der Waals surface area (Å²) < 4.78 is 5.84. The molecule has 2 fully saturated rings. The maximum Gasteiger partial charge on any atom is 0.314 e. The van der Waals surface area contributed by atoms with Crippen molar-refractivity contribution in [2.75, 3.05) is 19.7 Å². The fourth-order valence-corrected chi connectivity index (χ4v) is 2.81. The van der Waals surface area contributed by atoms with E-state index in [9.17, 15) is 9.59 Å². The van der Waals surface area contributed by atoms with E-state index in [1.807, 2.05) is 0 Å². The van der Waals surface area contributed by atoms with Crippen molar-refractivity contribution in [2.45, 2.75) is 44.1 Å². The fourth-order valence-electron chi connectivity index (χ4n) is 2.81. The lowest BCUT2D eigenvalue weighted by atomic mass is 9.72. The predicted octanol–water partition coefficient (Wildman–Crippen LogP) is 1.11. The summed E-state index contributed by atoms with van der Waals surface area (Å²) in [6.45, 7) is 1.59. The Labute approximate surface area is 112 Å². The van der Waals surface area contributed by atoms with Crippen LogP contribution in [0.5, 0.6) is 0 Å². The number of amides is 2. The van der Waals surface area contributed by atoms with E-state index < -0.39 is 5.97 Å². The van der Waals surface area contributed by atoms with Crippen LogP contribution in [0, 0.1) is 5.92 Å². The molecule has 1 atom stereocenters. The van der Waals surface area contributed by atoms with Gasteiger partial charge < -0.3 is 20.5 Å². The van der Waals surface area contributed by atoms with Crippen LogP contribution < -0.4 is 10.6 Å².